The summed E-state index contributed by atoms with van der Waals surface area (Å²) < 4.78 is 0. The zero-order valence-corrected chi connectivity index (χ0v) is 16.6. The highest BCUT2D eigenvalue weighted by Crippen LogP contribution is 2.10. The molecule has 0 atom stereocenters. The maximum atomic E-state index is 5.73. The minimum atomic E-state index is 0.627. The first kappa shape index (κ1) is 19.9. The molecule has 0 aliphatic carbocycles. The Labute approximate surface area is 161 Å². The van der Waals surface area contributed by atoms with E-state index in [9.17, 15) is 0 Å². The van der Waals surface area contributed by atoms with Crippen molar-refractivity contribution in [3.05, 3.63) is 35.4 Å². The molecule has 5 heteroatoms. The first-order chi connectivity index (χ1) is 12.7. The van der Waals surface area contributed by atoms with Gasteiger partial charge in [0, 0.05) is 45.8 Å². The van der Waals surface area contributed by atoms with Crippen molar-refractivity contribution in [3.8, 4) is 0 Å². The van der Waals surface area contributed by atoms with Crippen molar-refractivity contribution in [1.82, 2.24) is 19.6 Å². The van der Waals surface area contributed by atoms with E-state index in [1.54, 1.807) is 0 Å². The van der Waals surface area contributed by atoms with Crippen LogP contribution in [0.3, 0.4) is 0 Å². The number of fused-ring (bicyclic) bond motifs is 11. The summed E-state index contributed by atoms with van der Waals surface area (Å²) in [6, 6.07) is 8.84. The number of nitrogens with zero attached hydrogens (tertiary/aromatic N) is 4. The number of hydrogen-bond donors (Lipinski definition) is 0. The van der Waals surface area contributed by atoms with Gasteiger partial charge in [-0.2, -0.15) is 0 Å². The van der Waals surface area contributed by atoms with E-state index in [-0.39, 0.29) is 0 Å². The Balaban J connectivity index is 1.57. The summed E-state index contributed by atoms with van der Waals surface area (Å²) in [6.45, 7) is 13.2. The van der Waals surface area contributed by atoms with Gasteiger partial charge in [0.1, 0.15) is 0 Å². The van der Waals surface area contributed by atoms with Crippen LogP contribution in [0.5, 0.6) is 0 Å². The summed E-state index contributed by atoms with van der Waals surface area (Å²) in [4.78, 5) is 10.4. The smallest absolute Gasteiger partial charge is 0.0716 e. The van der Waals surface area contributed by atoms with Crippen LogP contribution in [0.1, 0.15) is 24.0 Å². The average Bonchev–Trinajstić information content (AvgIpc) is 2.67. The fraction of sp³-hybridized carbons (Fsp3) is 0.714. The van der Waals surface area contributed by atoms with Crippen molar-refractivity contribution in [2.75, 3.05) is 72.5 Å². The van der Waals surface area contributed by atoms with Crippen LogP contribution >= 0.6 is 0 Å². The van der Waals surface area contributed by atoms with E-state index < -0.39 is 0 Å². The van der Waals surface area contributed by atoms with Crippen molar-refractivity contribution in [2.45, 2.75) is 25.7 Å². The first-order valence-corrected chi connectivity index (χ1v) is 10.4. The van der Waals surface area contributed by atoms with Crippen LogP contribution in [-0.2, 0) is 12.9 Å². The van der Waals surface area contributed by atoms with E-state index in [4.69, 9.17) is 7.85 Å². The normalized spacial score (nSPS) is 27.3. The van der Waals surface area contributed by atoms with Gasteiger partial charge in [-0.15, -0.1) is 0 Å². The van der Waals surface area contributed by atoms with Crippen LogP contribution in [-0.4, -0.2) is 99.9 Å². The molecule has 0 unspecified atom stereocenters. The minimum absolute atomic E-state index is 0.627. The van der Waals surface area contributed by atoms with Crippen molar-refractivity contribution in [2.24, 2.45) is 0 Å². The van der Waals surface area contributed by atoms with Crippen LogP contribution in [0.4, 0.5) is 0 Å². The van der Waals surface area contributed by atoms with E-state index in [1.807, 2.05) is 0 Å². The van der Waals surface area contributed by atoms with Gasteiger partial charge in [0.15, 0.2) is 0 Å². The average molecular weight is 354 g/mol. The molecule has 3 fully saturated rings. The maximum Gasteiger partial charge on any atom is 0.0716 e. The molecule has 142 valence electrons. The van der Waals surface area contributed by atoms with Crippen LogP contribution in [0.2, 0.25) is 0 Å². The fourth-order valence-electron chi connectivity index (χ4n) is 4.05. The second-order valence-corrected chi connectivity index (χ2v) is 7.99. The molecule has 1 aromatic carbocycles. The molecule has 1 aromatic rings. The summed E-state index contributed by atoms with van der Waals surface area (Å²) >= 11 is 0. The van der Waals surface area contributed by atoms with E-state index in [0.717, 1.165) is 19.6 Å². The van der Waals surface area contributed by atoms with Crippen LogP contribution in [0.15, 0.2) is 24.3 Å². The lowest BCUT2D eigenvalue weighted by atomic mass is 9.96. The number of likely N-dealkylation sites (N-methyl/N-ethyl adjacent to an activating group) is 1. The highest BCUT2D eigenvalue weighted by atomic mass is 15.3. The predicted molar refractivity (Wildman–Crippen MR) is 111 cm³/mol. The minimum Gasteiger partial charge on any atom is -0.305 e. The number of benzene rings is 1. The van der Waals surface area contributed by atoms with Gasteiger partial charge in [0.25, 0.3) is 0 Å². The molecule has 0 aromatic heterocycles. The molecule has 0 saturated carbocycles. The van der Waals surface area contributed by atoms with Gasteiger partial charge in [-0.25, -0.2) is 0 Å². The second-order valence-electron chi connectivity index (χ2n) is 7.99. The molecule has 3 saturated heterocycles. The molecule has 3 aliphatic rings. The van der Waals surface area contributed by atoms with Gasteiger partial charge in [-0.3, -0.25) is 4.90 Å². The third-order valence-electron chi connectivity index (χ3n) is 5.89. The van der Waals surface area contributed by atoms with Gasteiger partial charge in [-0.1, -0.05) is 36.1 Å². The Morgan fingerprint density at radius 1 is 0.692 bits per heavy atom. The van der Waals surface area contributed by atoms with Gasteiger partial charge in [0.05, 0.1) is 7.85 Å². The van der Waals surface area contributed by atoms with Crippen molar-refractivity contribution in [1.29, 1.82) is 0 Å². The maximum absolute atomic E-state index is 5.73. The van der Waals surface area contributed by atoms with Gasteiger partial charge in [0.2, 0.25) is 0 Å². The first-order valence-electron chi connectivity index (χ1n) is 10.4. The lowest BCUT2D eigenvalue weighted by Gasteiger charge is -2.36. The molecule has 26 heavy (non-hydrogen) atoms. The fourth-order valence-corrected chi connectivity index (χ4v) is 4.05. The van der Waals surface area contributed by atoms with Crippen molar-refractivity contribution >= 4 is 7.85 Å². The Kier molecular flexibility index (Phi) is 7.99. The Hall–Kier alpha value is -0.875. The molecule has 3 aliphatic heterocycles. The Morgan fingerprint density at radius 3 is 1.88 bits per heavy atom. The summed E-state index contributed by atoms with van der Waals surface area (Å²) in [5, 5.41) is 0. The molecule has 2 radical (unpaired) electrons. The quantitative estimate of drug-likeness (QED) is 0.763. The van der Waals surface area contributed by atoms with Gasteiger partial charge in [-0.05, 0) is 51.6 Å². The molecule has 3 heterocycles. The molecule has 4 rings (SSSR count). The highest BCUT2D eigenvalue weighted by molar-refractivity contribution is 6.08. The standard InChI is InChI=1S/C21H35BN4/c1-23-8-2-9-24-14-16-25(17-15-24)10-3-11-26(13-12-23)19-21-6-4-20(18-22)5-7-21/h4-7H,2-3,8-19H2,1H3. The zero-order valence-electron chi connectivity index (χ0n) is 16.6. The zero-order chi connectivity index (χ0) is 18.2. The Morgan fingerprint density at radius 2 is 1.27 bits per heavy atom. The van der Waals surface area contributed by atoms with Crippen molar-refractivity contribution in [3.63, 3.8) is 0 Å². The van der Waals surface area contributed by atoms with E-state index in [2.05, 4.69) is 50.9 Å². The van der Waals surface area contributed by atoms with Crippen molar-refractivity contribution < 1.29 is 0 Å². The topological polar surface area (TPSA) is 13.0 Å². The molecule has 2 bridgehead atoms. The SMILES string of the molecule is [B]Cc1ccc(CN2CCCN3CCN(CCCN(C)CC2)CC3)cc1. The monoisotopic (exact) mass is 354 g/mol. The van der Waals surface area contributed by atoms with Crippen LogP contribution in [0, 0.1) is 0 Å². The molecule has 0 spiro atoms. The molecular weight excluding hydrogens is 319 g/mol. The molecular formula is C21H35BN4. The van der Waals surface area contributed by atoms with E-state index in [1.165, 1.54) is 76.3 Å². The summed E-state index contributed by atoms with van der Waals surface area (Å²) in [6.07, 6.45) is 3.18. The lowest BCUT2D eigenvalue weighted by molar-refractivity contribution is 0.115. The highest BCUT2D eigenvalue weighted by Gasteiger charge is 2.17. The summed E-state index contributed by atoms with van der Waals surface area (Å²) in [5.41, 5.74) is 2.62. The summed E-state index contributed by atoms with van der Waals surface area (Å²) in [7, 11) is 8.00. The third kappa shape index (κ3) is 6.38. The van der Waals surface area contributed by atoms with Crippen LogP contribution in [0.25, 0.3) is 0 Å². The molecule has 0 N–H and O–H groups in total. The Bertz CT molecular complexity index is 513. The number of hydrogen-bond acceptors (Lipinski definition) is 4. The largest absolute Gasteiger partial charge is 0.305 e. The number of rotatable bonds is 3. The molecule has 4 nitrogen and oxygen atoms in total. The van der Waals surface area contributed by atoms with Crippen LogP contribution < -0.4 is 0 Å². The van der Waals surface area contributed by atoms with E-state index in [0.29, 0.717) is 6.32 Å². The van der Waals surface area contributed by atoms with E-state index >= 15 is 0 Å². The third-order valence-corrected chi connectivity index (χ3v) is 5.89. The lowest BCUT2D eigenvalue weighted by Crippen LogP contribution is -2.48. The number of piperazine rings is 1. The van der Waals surface area contributed by atoms with Gasteiger partial charge >= 0.3 is 0 Å². The van der Waals surface area contributed by atoms with Gasteiger partial charge < -0.3 is 14.7 Å². The predicted octanol–water partition coefficient (Wildman–Crippen LogP) is 1.50. The second kappa shape index (κ2) is 10.5. The molecule has 0 amide bonds. The summed E-state index contributed by atoms with van der Waals surface area (Å²) in [5.74, 6) is 0.